The molecule has 0 N–H and O–H groups in total. The molecule has 2 amide bonds. The van der Waals surface area contributed by atoms with Crippen LogP contribution in [-0.4, -0.2) is 84.1 Å². The van der Waals surface area contributed by atoms with Gasteiger partial charge < -0.3 is 19.4 Å². The topological polar surface area (TPSA) is 78.9 Å². The summed E-state index contributed by atoms with van der Waals surface area (Å²) in [5.41, 5.74) is -0.487. The van der Waals surface area contributed by atoms with Gasteiger partial charge in [0.25, 0.3) is 0 Å². The maximum absolute atomic E-state index is 13.9. The largest absolute Gasteiger partial charge is 0.378 e. The first-order chi connectivity index (χ1) is 15.7. The molecule has 4 heterocycles. The highest BCUT2D eigenvalue weighted by Gasteiger charge is 2.55. The first-order valence-electron chi connectivity index (χ1n) is 12.3. The zero-order valence-corrected chi connectivity index (χ0v) is 19.0. The van der Waals surface area contributed by atoms with Crippen LogP contribution in [0, 0.1) is 17.3 Å². The van der Waals surface area contributed by atoms with Gasteiger partial charge in [-0.3, -0.25) is 9.59 Å². The summed E-state index contributed by atoms with van der Waals surface area (Å²) in [6, 6.07) is 1.82. The highest BCUT2D eigenvalue weighted by molar-refractivity contribution is 5.85. The van der Waals surface area contributed by atoms with Gasteiger partial charge >= 0.3 is 0 Å². The van der Waals surface area contributed by atoms with Crippen molar-refractivity contribution < 1.29 is 14.3 Å². The Morgan fingerprint density at radius 1 is 1.00 bits per heavy atom. The zero-order chi connectivity index (χ0) is 22.0. The molecule has 2 atom stereocenters. The van der Waals surface area contributed by atoms with E-state index in [-0.39, 0.29) is 17.7 Å². The second-order valence-electron chi connectivity index (χ2n) is 9.98. The lowest BCUT2D eigenvalue weighted by Crippen LogP contribution is -2.53. The van der Waals surface area contributed by atoms with Crippen LogP contribution in [0.1, 0.15) is 44.9 Å². The molecule has 0 aromatic carbocycles. The molecule has 0 bridgehead atoms. The van der Waals surface area contributed by atoms with Gasteiger partial charge in [0, 0.05) is 64.0 Å². The zero-order valence-electron chi connectivity index (χ0n) is 19.0. The fourth-order valence-electron chi connectivity index (χ4n) is 6.29. The van der Waals surface area contributed by atoms with Crippen molar-refractivity contribution in [2.45, 2.75) is 44.9 Å². The Balaban J connectivity index is 1.38. The SMILES string of the molecule is O=C(CC1CCCC1)N1CCC[C@@]2(C(=O)N3CCOCC3)CN(c3ncccn3)C[C@H]2C1. The average Bonchev–Trinajstić information content (AvgIpc) is 3.44. The van der Waals surface area contributed by atoms with Crippen molar-refractivity contribution in [3.05, 3.63) is 18.5 Å². The van der Waals surface area contributed by atoms with Crippen LogP contribution in [0.4, 0.5) is 5.95 Å². The molecule has 8 heteroatoms. The number of hydrogen-bond acceptors (Lipinski definition) is 6. The number of ether oxygens (including phenoxy) is 1. The minimum absolute atomic E-state index is 0.0941. The quantitative estimate of drug-likeness (QED) is 0.711. The van der Waals surface area contributed by atoms with Crippen LogP contribution < -0.4 is 4.90 Å². The van der Waals surface area contributed by atoms with Crippen molar-refractivity contribution in [2.75, 3.05) is 57.4 Å². The number of fused-ring (bicyclic) bond motifs is 1. The van der Waals surface area contributed by atoms with Gasteiger partial charge in [-0.05, 0) is 37.7 Å². The normalized spacial score (nSPS) is 29.1. The molecule has 1 aromatic heterocycles. The van der Waals surface area contributed by atoms with E-state index >= 15 is 0 Å². The third-order valence-corrected chi connectivity index (χ3v) is 8.04. The van der Waals surface area contributed by atoms with Gasteiger partial charge in [-0.15, -0.1) is 0 Å². The average molecular weight is 442 g/mol. The van der Waals surface area contributed by atoms with Crippen molar-refractivity contribution in [1.82, 2.24) is 19.8 Å². The van der Waals surface area contributed by atoms with Gasteiger partial charge in [0.2, 0.25) is 17.8 Å². The summed E-state index contributed by atoms with van der Waals surface area (Å²) in [6.45, 7) is 5.27. The summed E-state index contributed by atoms with van der Waals surface area (Å²) in [7, 11) is 0. The van der Waals surface area contributed by atoms with E-state index in [4.69, 9.17) is 4.74 Å². The van der Waals surface area contributed by atoms with E-state index in [2.05, 4.69) is 19.8 Å². The number of carbonyl (C=O) groups is 2. The van der Waals surface area contributed by atoms with Gasteiger partial charge in [-0.2, -0.15) is 0 Å². The smallest absolute Gasteiger partial charge is 0.231 e. The molecular formula is C24H35N5O3. The maximum atomic E-state index is 13.9. The Kier molecular flexibility index (Phi) is 6.31. The standard InChI is InChI=1S/C24H35N5O3/c30-21(15-19-5-1-2-6-19)28-10-3-7-24(22(31)27-11-13-32-14-12-27)18-29(17-20(24)16-28)23-25-8-4-9-26-23/h4,8-9,19-20H,1-3,5-7,10-18H2/t20-,24-/m1/s1. The number of anilines is 1. The van der Waals surface area contributed by atoms with Crippen LogP contribution in [0.15, 0.2) is 18.5 Å². The van der Waals surface area contributed by atoms with E-state index in [9.17, 15) is 9.59 Å². The monoisotopic (exact) mass is 441 g/mol. The van der Waals surface area contributed by atoms with Crippen LogP contribution in [-0.2, 0) is 14.3 Å². The lowest BCUT2D eigenvalue weighted by Gasteiger charge is -2.38. The summed E-state index contributed by atoms with van der Waals surface area (Å²) >= 11 is 0. The van der Waals surface area contributed by atoms with E-state index in [1.165, 1.54) is 25.7 Å². The van der Waals surface area contributed by atoms with E-state index in [0.717, 1.165) is 19.4 Å². The predicted molar refractivity (Wildman–Crippen MR) is 120 cm³/mol. The van der Waals surface area contributed by atoms with Crippen molar-refractivity contribution in [1.29, 1.82) is 0 Å². The third kappa shape index (κ3) is 4.21. The Morgan fingerprint density at radius 3 is 2.50 bits per heavy atom. The number of carbonyl (C=O) groups excluding carboxylic acids is 2. The third-order valence-electron chi connectivity index (χ3n) is 8.04. The second-order valence-corrected chi connectivity index (χ2v) is 9.98. The van der Waals surface area contributed by atoms with E-state index in [1.807, 2.05) is 11.0 Å². The molecule has 1 saturated carbocycles. The number of nitrogens with zero attached hydrogens (tertiary/aromatic N) is 5. The van der Waals surface area contributed by atoms with Crippen molar-refractivity contribution in [3.8, 4) is 0 Å². The van der Waals surface area contributed by atoms with Gasteiger partial charge in [-0.1, -0.05) is 12.8 Å². The van der Waals surface area contributed by atoms with Crippen LogP contribution in [0.5, 0.6) is 0 Å². The molecule has 1 aliphatic carbocycles. The molecule has 0 spiro atoms. The number of hydrogen-bond donors (Lipinski definition) is 0. The van der Waals surface area contributed by atoms with Crippen LogP contribution in [0.2, 0.25) is 0 Å². The molecule has 3 saturated heterocycles. The van der Waals surface area contributed by atoms with E-state index in [1.54, 1.807) is 12.4 Å². The first-order valence-corrected chi connectivity index (χ1v) is 12.3. The maximum Gasteiger partial charge on any atom is 0.231 e. The molecule has 174 valence electrons. The lowest BCUT2D eigenvalue weighted by atomic mass is 9.73. The Morgan fingerprint density at radius 2 is 1.75 bits per heavy atom. The van der Waals surface area contributed by atoms with E-state index < -0.39 is 5.41 Å². The fraction of sp³-hybridized carbons (Fsp3) is 0.750. The highest BCUT2D eigenvalue weighted by atomic mass is 16.5. The molecule has 4 aliphatic rings. The summed E-state index contributed by atoms with van der Waals surface area (Å²) in [5.74, 6) is 1.83. The molecule has 3 aliphatic heterocycles. The van der Waals surface area contributed by atoms with Crippen LogP contribution in [0.3, 0.4) is 0 Å². The minimum atomic E-state index is -0.487. The van der Waals surface area contributed by atoms with Gasteiger partial charge in [0.05, 0.1) is 18.6 Å². The Hall–Kier alpha value is -2.22. The predicted octanol–water partition coefficient (Wildman–Crippen LogP) is 1.96. The number of aromatic nitrogens is 2. The molecule has 0 unspecified atom stereocenters. The Bertz CT molecular complexity index is 809. The molecular weight excluding hydrogens is 406 g/mol. The van der Waals surface area contributed by atoms with E-state index in [0.29, 0.717) is 64.2 Å². The number of morpholine rings is 1. The minimum Gasteiger partial charge on any atom is -0.378 e. The Labute approximate surface area is 190 Å². The van der Waals surface area contributed by atoms with Gasteiger partial charge in [0.1, 0.15) is 0 Å². The lowest BCUT2D eigenvalue weighted by molar-refractivity contribution is -0.148. The molecule has 1 aromatic rings. The first kappa shape index (κ1) is 21.6. The summed E-state index contributed by atoms with van der Waals surface area (Å²) in [4.78, 5) is 42.3. The molecule has 32 heavy (non-hydrogen) atoms. The molecule has 5 rings (SSSR count). The van der Waals surface area contributed by atoms with Crippen molar-refractivity contribution >= 4 is 17.8 Å². The molecule has 4 fully saturated rings. The summed E-state index contributed by atoms with van der Waals surface area (Å²) in [5, 5.41) is 0. The van der Waals surface area contributed by atoms with Gasteiger partial charge in [0.15, 0.2) is 0 Å². The number of rotatable bonds is 4. The molecule has 8 nitrogen and oxygen atoms in total. The summed E-state index contributed by atoms with van der Waals surface area (Å²) in [6.07, 6.45) is 10.7. The van der Waals surface area contributed by atoms with Crippen molar-refractivity contribution in [3.63, 3.8) is 0 Å². The molecule has 0 radical (unpaired) electrons. The number of amides is 2. The second kappa shape index (κ2) is 9.33. The van der Waals surface area contributed by atoms with Crippen LogP contribution in [0.25, 0.3) is 0 Å². The van der Waals surface area contributed by atoms with Crippen LogP contribution >= 0.6 is 0 Å². The van der Waals surface area contributed by atoms with Crippen molar-refractivity contribution in [2.24, 2.45) is 17.3 Å². The highest BCUT2D eigenvalue weighted by Crippen LogP contribution is 2.45. The fourth-order valence-corrected chi connectivity index (χ4v) is 6.29. The number of likely N-dealkylation sites (tertiary alicyclic amines) is 1. The summed E-state index contributed by atoms with van der Waals surface area (Å²) < 4.78 is 5.50. The van der Waals surface area contributed by atoms with Gasteiger partial charge in [-0.25, -0.2) is 9.97 Å².